The van der Waals surface area contributed by atoms with Crippen molar-refractivity contribution in [3.05, 3.63) is 35.4 Å². The fourth-order valence-corrected chi connectivity index (χ4v) is 3.41. The molecule has 1 aromatic carbocycles. The zero-order chi connectivity index (χ0) is 15.2. The van der Waals surface area contributed by atoms with Crippen LogP contribution in [0.4, 0.5) is 0 Å². The molecule has 4 nitrogen and oxygen atoms in total. The normalized spacial score (nSPS) is 23.0. The van der Waals surface area contributed by atoms with Crippen LogP contribution in [0.15, 0.2) is 24.3 Å². The van der Waals surface area contributed by atoms with Crippen molar-refractivity contribution >= 4 is 18.3 Å². The highest BCUT2D eigenvalue weighted by molar-refractivity contribution is 5.85. The van der Waals surface area contributed by atoms with Gasteiger partial charge in [-0.3, -0.25) is 4.79 Å². The fourth-order valence-electron chi connectivity index (χ4n) is 3.41. The summed E-state index contributed by atoms with van der Waals surface area (Å²) in [6, 6.07) is 8.60. The van der Waals surface area contributed by atoms with Crippen LogP contribution < -0.4 is 10.6 Å². The van der Waals surface area contributed by atoms with E-state index in [0.29, 0.717) is 13.2 Å². The maximum atomic E-state index is 11.9. The Morgan fingerprint density at radius 2 is 2.17 bits per heavy atom. The molecule has 2 atom stereocenters. The second kappa shape index (κ2) is 9.26. The molecule has 2 aliphatic rings. The van der Waals surface area contributed by atoms with Gasteiger partial charge in [0.25, 0.3) is 0 Å². The SMILES string of the molecule is Cl.O=C(NCCCOC1CCCc2ccccc21)C1CCNC1. The highest BCUT2D eigenvalue weighted by atomic mass is 35.5. The molecule has 1 saturated heterocycles. The largest absolute Gasteiger partial charge is 0.373 e. The number of nitrogens with one attached hydrogen (secondary N) is 2. The smallest absolute Gasteiger partial charge is 0.224 e. The summed E-state index contributed by atoms with van der Waals surface area (Å²) in [6.07, 6.45) is 5.55. The van der Waals surface area contributed by atoms with Crippen molar-refractivity contribution in [2.45, 2.75) is 38.2 Å². The van der Waals surface area contributed by atoms with Crippen LogP contribution in [0.5, 0.6) is 0 Å². The minimum atomic E-state index is 0. The van der Waals surface area contributed by atoms with Crippen molar-refractivity contribution in [3.63, 3.8) is 0 Å². The van der Waals surface area contributed by atoms with Crippen LogP contribution in [0, 0.1) is 5.92 Å². The van der Waals surface area contributed by atoms with Crippen molar-refractivity contribution in [2.24, 2.45) is 5.92 Å². The van der Waals surface area contributed by atoms with Crippen LogP contribution in [0.25, 0.3) is 0 Å². The van der Waals surface area contributed by atoms with E-state index < -0.39 is 0 Å². The van der Waals surface area contributed by atoms with Gasteiger partial charge < -0.3 is 15.4 Å². The van der Waals surface area contributed by atoms with E-state index in [9.17, 15) is 4.79 Å². The summed E-state index contributed by atoms with van der Waals surface area (Å²) in [5, 5.41) is 6.24. The summed E-state index contributed by atoms with van der Waals surface area (Å²) in [7, 11) is 0. The minimum absolute atomic E-state index is 0. The number of halogens is 1. The predicted octanol–water partition coefficient (Wildman–Crippen LogP) is 2.62. The van der Waals surface area contributed by atoms with Crippen molar-refractivity contribution in [2.75, 3.05) is 26.2 Å². The molecule has 1 aliphatic carbocycles. The first-order valence-corrected chi connectivity index (χ1v) is 8.52. The Hall–Kier alpha value is -1.10. The number of amides is 1. The maximum absolute atomic E-state index is 11.9. The van der Waals surface area contributed by atoms with Crippen molar-refractivity contribution in [3.8, 4) is 0 Å². The molecule has 0 radical (unpaired) electrons. The van der Waals surface area contributed by atoms with Gasteiger partial charge in [-0.2, -0.15) is 0 Å². The number of hydrogen-bond acceptors (Lipinski definition) is 3. The quantitative estimate of drug-likeness (QED) is 0.784. The molecule has 2 unspecified atom stereocenters. The lowest BCUT2D eigenvalue weighted by Crippen LogP contribution is -2.33. The molecule has 23 heavy (non-hydrogen) atoms. The van der Waals surface area contributed by atoms with Gasteiger partial charge in [-0.15, -0.1) is 12.4 Å². The van der Waals surface area contributed by atoms with Crippen LogP contribution >= 0.6 is 12.4 Å². The topological polar surface area (TPSA) is 50.4 Å². The minimum Gasteiger partial charge on any atom is -0.373 e. The maximum Gasteiger partial charge on any atom is 0.224 e. The molecule has 0 spiro atoms. The van der Waals surface area contributed by atoms with Crippen LogP contribution in [-0.4, -0.2) is 32.1 Å². The predicted molar refractivity (Wildman–Crippen MR) is 93.9 cm³/mol. The molecule has 0 bridgehead atoms. The van der Waals surface area contributed by atoms with Gasteiger partial charge in [-0.25, -0.2) is 0 Å². The number of ether oxygens (including phenoxy) is 1. The van der Waals surface area contributed by atoms with E-state index in [0.717, 1.165) is 32.4 Å². The lowest BCUT2D eigenvalue weighted by Gasteiger charge is -2.25. The number of carbonyl (C=O) groups is 1. The molecule has 2 N–H and O–H groups in total. The number of fused-ring (bicyclic) bond motifs is 1. The summed E-state index contributed by atoms with van der Waals surface area (Å²) < 4.78 is 6.05. The Bertz CT molecular complexity index is 504. The lowest BCUT2D eigenvalue weighted by atomic mass is 9.89. The Balaban J connectivity index is 0.00000192. The summed E-state index contributed by atoms with van der Waals surface area (Å²) in [4.78, 5) is 11.9. The van der Waals surface area contributed by atoms with Gasteiger partial charge in [0.05, 0.1) is 12.0 Å². The fraction of sp³-hybridized carbons (Fsp3) is 0.611. The lowest BCUT2D eigenvalue weighted by molar-refractivity contribution is -0.124. The number of hydrogen-bond donors (Lipinski definition) is 2. The Kier molecular flexibility index (Phi) is 7.34. The van der Waals surface area contributed by atoms with E-state index in [2.05, 4.69) is 34.9 Å². The van der Waals surface area contributed by atoms with Gasteiger partial charge in [0.1, 0.15) is 0 Å². The third-order valence-electron chi connectivity index (χ3n) is 4.68. The zero-order valence-electron chi connectivity index (χ0n) is 13.6. The van der Waals surface area contributed by atoms with E-state index in [1.165, 1.54) is 24.0 Å². The molecule has 1 aliphatic heterocycles. The summed E-state index contributed by atoms with van der Waals surface area (Å²) in [5.74, 6) is 0.346. The van der Waals surface area contributed by atoms with Gasteiger partial charge in [0, 0.05) is 19.7 Å². The molecule has 128 valence electrons. The van der Waals surface area contributed by atoms with Crippen molar-refractivity contribution in [1.82, 2.24) is 10.6 Å². The average Bonchev–Trinajstić information content (AvgIpc) is 3.09. The molecule has 1 heterocycles. The van der Waals surface area contributed by atoms with Crippen LogP contribution in [0.1, 0.15) is 42.9 Å². The van der Waals surface area contributed by atoms with E-state index in [1.807, 2.05) is 0 Å². The van der Waals surface area contributed by atoms with Crippen LogP contribution in [0.2, 0.25) is 0 Å². The molecule has 3 rings (SSSR count). The Morgan fingerprint density at radius 1 is 1.30 bits per heavy atom. The Labute approximate surface area is 144 Å². The second-order valence-electron chi connectivity index (χ2n) is 6.28. The molecule has 0 aromatic heterocycles. The van der Waals surface area contributed by atoms with Gasteiger partial charge in [0.2, 0.25) is 5.91 Å². The first-order valence-electron chi connectivity index (χ1n) is 8.52. The standard InChI is InChI=1S/C18H26N2O2.ClH/c21-18(15-9-11-19-13-15)20-10-4-12-22-17-8-3-6-14-5-1-2-7-16(14)17;/h1-2,5,7,15,17,19H,3-4,6,8-13H2,(H,20,21);1H. The third kappa shape index (κ3) is 4.93. The summed E-state index contributed by atoms with van der Waals surface area (Å²) in [5.41, 5.74) is 2.79. The average molecular weight is 339 g/mol. The van der Waals surface area contributed by atoms with E-state index in [-0.39, 0.29) is 30.3 Å². The molecule has 5 heteroatoms. The third-order valence-corrected chi connectivity index (χ3v) is 4.68. The van der Waals surface area contributed by atoms with Gasteiger partial charge in [-0.1, -0.05) is 24.3 Å². The van der Waals surface area contributed by atoms with Crippen LogP contribution in [0.3, 0.4) is 0 Å². The zero-order valence-corrected chi connectivity index (χ0v) is 14.4. The molecule has 1 amide bonds. The number of carbonyl (C=O) groups excluding carboxylic acids is 1. The van der Waals surface area contributed by atoms with E-state index in [4.69, 9.17) is 4.74 Å². The summed E-state index contributed by atoms with van der Waals surface area (Å²) >= 11 is 0. The first-order chi connectivity index (χ1) is 10.8. The Morgan fingerprint density at radius 3 is 3.00 bits per heavy atom. The van der Waals surface area contributed by atoms with E-state index in [1.54, 1.807) is 0 Å². The van der Waals surface area contributed by atoms with Crippen molar-refractivity contribution < 1.29 is 9.53 Å². The van der Waals surface area contributed by atoms with Crippen LogP contribution in [-0.2, 0) is 16.0 Å². The molecule has 0 saturated carbocycles. The second-order valence-corrected chi connectivity index (χ2v) is 6.28. The van der Waals surface area contributed by atoms with Gasteiger partial charge in [-0.05, 0) is 49.8 Å². The number of benzene rings is 1. The molecule has 1 aromatic rings. The van der Waals surface area contributed by atoms with Gasteiger partial charge in [0.15, 0.2) is 0 Å². The van der Waals surface area contributed by atoms with Crippen molar-refractivity contribution in [1.29, 1.82) is 0 Å². The number of rotatable bonds is 6. The number of aryl methyl sites for hydroxylation is 1. The van der Waals surface area contributed by atoms with Gasteiger partial charge >= 0.3 is 0 Å². The summed E-state index contributed by atoms with van der Waals surface area (Å²) in [6.45, 7) is 3.20. The molecular formula is C18H27ClN2O2. The highest BCUT2D eigenvalue weighted by Gasteiger charge is 2.22. The van der Waals surface area contributed by atoms with E-state index >= 15 is 0 Å². The molecular weight excluding hydrogens is 312 g/mol. The highest BCUT2D eigenvalue weighted by Crippen LogP contribution is 2.32. The first kappa shape index (κ1) is 18.2. The molecule has 1 fully saturated rings. The monoisotopic (exact) mass is 338 g/mol.